The van der Waals surface area contributed by atoms with Crippen LogP contribution in [0.25, 0.3) is 0 Å². The lowest BCUT2D eigenvalue weighted by molar-refractivity contribution is -0.106. The normalized spacial score (nSPS) is 16.1. The van der Waals surface area contributed by atoms with Gasteiger partial charge in [-0.3, -0.25) is 9.44 Å². The van der Waals surface area contributed by atoms with Gasteiger partial charge in [0, 0.05) is 36.5 Å². The van der Waals surface area contributed by atoms with Gasteiger partial charge in [-0.05, 0) is 99.6 Å². The van der Waals surface area contributed by atoms with Crippen molar-refractivity contribution in [2.45, 2.75) is 142 Å². The molecule has 0 spiro atoms. The fourth-order valence-electron chi connectivity index (χ4n) is 8.02. The van der Waals surface area contributed by atoms with Crippen molar-refractivity contribution in [3.05, 3.63) is 45.4 Å². The standard InChI is InChI=1S/C23H31F3N6O4S2.C22H29F3N6O4S2/c1-4-7-11-36-21(33)20-28-30-22(37-20)29-27-17-12-15-8-9-16(6-3)32(10-5-2)19(15)13-18(17)31-38(34,35)14-23(24,25)26;1-4-7-11-35-20(32)19-27-29-21(36-19)28-26-16-12-14-8-9-15(6-3)31(10-5-2)18(14)13-17(16)30-37(33,34)22(23,24)25/h12-13,16,31H,4-11,14H2,1-3H3;12-13,15,30H,4-11H2,1-3H3. The SMILES string of the molecule is CCCCOC(=O)c1nnc(N=Nc2cc3c(cc2NS(=O)(=O)C(F)(F)F)N(CCC)C(CC)CC3)s1.CCCCOC(=O)c1nnc(N=Nc2cc3c(cc2NS(=O)(=O)CC(F)(F)F)N(CCC)C(CC)CC3)s1. The van der Waals surface area contributed by atoms with Gasteiger partial charge in [-0.2, -0.15) is 34.8 Å². The fraction of sp³-hybridized carbons (Fsp3) is 0.600. The lowest BCUT2D eigenvalue weighted by Crippen LogP contribution is -2.39. The summed E-state index contributed by atoms with van der Waals surface area (Å²) in [5, 5.41) is 30.8. The number of rotatable bonds is 23. The number of ether oxygens (including phenoxy) is 2. The highest BCUT2D eigenvalue weighted by molar-refractivity contribution is 7.93. The van der Waals surface area contributed by atoms with E-state index in [1.165, 1.54) is 18.2 Å². The summed E-state index contributed by atoms with van der Waals surface area (Å²) < 4.78 is 141. The average Bonchev–Trinajstić information content (AvgIpc) is 4.03. The lowest BCUT2D eigenvalue weighted by Gasteiger charge is -2.39. The van der Waals surface area contributed by atoms with E-state index in [0.29, 0.717) is 44.5 Å². The molecule has 2 aliphatic rings. The number of aryl methyl sites for hydroxylation is 2. The van der Waals surface area contributed by atoms with Gasteiger partial charge in [0.1, 0.15) is 11.4 Å². The van der Waals surface area contributed by atoms with Crippen LogP contribution in [0.2, 0.25) is 0 Å². The summed E-state index contributed by atoms with van der Waals surface area (Å²) in [5.74, 6) is -3.35. The van der Waals surface area contributed by atoms with Crippen molar-refractivity contribution in [3.8, 4) is 0 Å². The Balaban J connectivity index is 0.000000277. The molecule has 75 heavy (non-hydrogen) atoms. The summed E-state index contributed by atoms with van der Waals surface area (Å²) in [6.45, 7) is 13.9. The minimum absolute atomic E-state index is 0.00733. The number of unbranched alkanes of at least 4 members (excludes halogenated alkanes) is 2. The molecule has 30 heteroatoms. The second kappa shape index (κ2) is 26.9. The molecule has 2 atom stereocenters. The van der Waals surface area contributed by atoms with Crippen molar-refractivity contribution >= 4 is 99.0 Å². The van der Waals surface area contributed by atoms with E-state index in [9.17, 15) is 52.8 Å². The maximum atomic E-state index is 13.2. The first-order chi connectivity index (χ1) is 35.5. The van der Waals surface area contributed by atoms with Gasteiger partial charge in [0.2, 0.25) is 20.0 Å². The molecular weight excluding hydrogens is 1080 g/mol. The highest BCUT2D eigenvalue weighted by atomic mass is 32.2. The first-order valence-corrected chi connectivity index (χ1v) is 29.1. The number of fused-ring (bicyclic) bond motifs is 2. The van der Waals surface area contributed by atoms with Crippen molar-refractivity contribution < 1.29 is 62.2 Å². The number of carbonyl (C=O) groups is 2. The molecule has 0 saturated carbocycles. The molecule has 2 unspecified atom stereocenters. The number of esters is 2. The molecule has 4 aromatic rings. The molecule has 2 aliphatic heterocycles. The smallest absolute Gasteiger partial charge is 0.460 e. The number of anilines is 4. The maximum absolute atomic E-state index is 13.2. The third kappa shape index (κ3) is 16.9. The number of nitrogens with one attached hydrogen (secondary N) is 2. The molecule has 6 rings (SSSR count). The molecule has 2 aromatic carbocycles. The molecule has 414 valence electrons. The minimum Gasteiger partial charge on any atom is -0.460 e. The lowest BCUT2D eigenvalue weighted by atomic mass is 9.93. The highest BCUT2D eigenvalue weighted by Gasteiger charge is 2.46. The summed E-state index contributed by atoms with van der Waals surface area (Å²) in [6.07, 6.45) is 4.60. The Bertz CT molecular complexity index is 2870. The predicted molar refractivity (Wildman–Crippen MR) is 274 cm³/mol. The van der Waals surface area contributed by atoms with Crippen LogP contribution in [0.15, 0.2) is 44.7 Å². The van der Waals surface area contributed by atoms with Crippen LogP contribution in [0.1, 0.15) is 136 Å². The molecule has 4 heterocycles. The molecule has 0 aliphatic carbocycles. The molecular formula is C45H60F6N12O8S4. The van der Waals surface area contributed by atoms with Gasteiger partial charge < -0.3 is 19.3 Å². The molecule has 0 bridgehead atoms. The van der Waals surface area contributed by atoms with Crippen molar-refractivity contribution in [3.63, 3.8) is 0 Å². The topological polar surface area (TPSA) is 252 Å². The fourth-order valence-corrected chi connectivity index (χ4v) is 10.7. The van der Waals surface area contributed by atoms with Gasteiger partial charge in [0.25, 0.3) is 10.3 Å². The molecule has 0 radical (unpaired) electrons. The van der Waals surface area contributed by atoms with Crippen LogP contribution in [0.4, 0.5) is 70.7 Å². The number of alkyl halides is 6. The Kier molecular flexibility index (Phi) is 21.6. The average molecular weight is 1140 g/mol. The number of azo groups is 2. The van der Waals surface area contributed by atoms with Gasteiger partial charge in [0.15, 0.2) is 5.75 Å². The first-order valence-electron chi connectivity index (χ1n) is 24.3. The van der Waals surface area contributed by atoms with E-state index in [2.05, 4.69) is 57.6 Å². The van der Waals surface area contributed by atoms with Crippen molar-refractivity contribution in [2.24, 2.45) is 20.5 Å². The van der Waals surface area contributed by atoms with E-state index in [0.717, 1.165) is 90.9 Å². The number of hydrogen-bond donors (Lipinski definition) is 2. The summed E-state index contributed by atoms with van der Waals surface area (Å²) in [7, 11) is -10.5. The second-order valence-electron chi connectivity index (χ2n) is 17.3. The van der Waals surface area contributed by atoms with E-state index in [-0.39, 0.29) is 68.3 Å². The van der Waals surface area contributed by atoms with Crippen LogP contribution >= 0.6 is 22.7 Å². The number of hydrogen-bond acceptors (Lipinski definition) is 20. The van der Waals surface area contributed by atoms with Crippen molar-refractivity contribution in [2.75, 3.05) is 51.3 Å². The van der Waals surface area contributed by atoms with Gasteiger partial charge >= 0.3 is 33.6 Å². The van der Waals surface area contributed by atoms with Gasteiger partial charge in [-0.1, -0.05) is 77.1 Å². The van der Waals surface area contributed by atoms with E-state index in [4.69, 9.17) is 9.47 Å². The summed E-state index contributed by atoms with van der Waals surface area (Å²) in [4.78, 5) is 28.3. The third-order valence-electron chi connectivity index (χ3n) is 11.6. The largest absolute Gasteiger partial charge is 0.516 e. The number of benzene rings is 2. The van der Waals surface area contributed by atoms with E-state index in [1.54, 1.807) is 10.8 Å². The van der Waals surface area contributed by atoms with Crippen LogP contribution < -0.4 is 19.2 Å². The number of halogens is 6. The Morgan fingerprint density at radius 1 is 0.640 bits per heavy atom. The zero-order chi connectivity index (χ0) is 55.1. The predicted octanol–water partition coefficient (Wildman–Crippen LogP) is 12.3. The molecule has 0 fully saturated rings. The van der Waals surface area contributed by atoms with Crippen LogP contribution in [0.3, 0.4) is 0 Å². The summed E-state index contributed by atoms with van der Waals surface area (Å²) in [5.41, 5.74) is -2.97. The summed E-state index contributed by atoms with van der Waals surface area (Å²) >= 11 is 1.63. The Morgan fingerprint density at radius 3 is 1.44 bits per heavy atom. The second-order valence-corrected chi connectivity index (χ2v) is 22.6. The molecule has 2 aromatic heterocycles. The molecule has 0 amide bonds. The van der Waals surface area contributed by atoms with Crippen molar-refractivity contribution in [1.82, 2.24) is 20.4 Å². The van der Waals surface area contributed by atoms with Crippen molar-refractivity contribution in [1.29, 1.82) is 0 Å². The third-order valence-corrected chi connectivity index (χ3v) is 15.5. The van der Waals surface area contributed by atoms with E-state index >= 15 is 0 Å². The minimum atomic E-state index is -5.71. The van der Waals surface area contributed by atoms with Gasteiger partial charge in [-0.15, -0.1) is 40.9 Å². The van der Waals surface area contributed by atoms with E-state index in [1.807, 2.05) is 39.3 Å². The van der Waals surface area contributed by atoms with E-state index < -0.39 is 49.4 Å². The Morgan fingerprint density at radius 2 is 1.07 bits per heavy atom. The molecule has 2 N–H and O–H groups in total. The number of nitrogens with zero attached hydrogens (tertiary/aromatic N) is 10. The maximum Gasteiger partial charge on any atom is 0.516 e. The first kappa shape index (κ1) is 60.2. The number of carbonyl (C=O) groups excluding carboxylic acids is 2. The highest BCUT2D eigenvalue weighted by Crippen LogP contribution is 2.43. The molecule has 0 saturated heterocycles. The zero-order valence-electron chi connectivity index (χ0n) is 42.1. The van der Waals surface area contributed by atoms with Gasteiger partial charge in [0.05, 0.1) is 24.6 Å². The monoisotopic (exact) mass is 1140 g/mol. The van der Waals surface area contributed by atoms with Crippen LogP contribution in [0, 0.1) is 0 Å². The van der Waals surface area contributed by atoms with Crippen LogP contribution in [-0.4, -0.2) is 105 Å². The zero-order valence-corrected chi connectivity index (χ0v) is 45.4. The Labute approximate surface area is 439 Å². The van der Waals surface area contributed by atoms with Crippen LogP contribution in [0.5, 0.6) is 0 Å². The number of aromatic nitrogens is 4. The number of sulfonamides is 2. The Hall–Kier alpha value is -5.62. The van der Waals surface area contributed by atoms with Crippen LogP contribution in [-0.2, 0) is 42.4 Å². The quantitative estimate of drug-likeness (QED) is 0.0303. The van der Waals surface area contributed by atoms with Gasteiger partial charge in [-0.25, -0.2) is 18.0 Å². The molecule has 20 nitrogen and oxygen atoms in total. The summed E-state index contributed by atoms with van der Waals surface area (Å²) in [6, 6.07) is 6.46.